The van der Waals surface area contributed by atoms with Crippen LogP contribution in [0.1, 0.15) is 52.8 Å². The Morgan fingerprint density at radius 2 is 1.97 bits per heavy atom. The molecule has 3 aromatic rings. The second-order valence-corrected chi connectivity index (χ2v) is 7.45. The summed E-state index contributed by atoms with van der Waals surface area (Å²) in [5.74, 6) is -0.543. The number of nitrogens with zero attached hydrogens (tertiary/aromatic N) is 5. The fourth-order valence-corrected chi connectivity index (χ4v) is 3.79. The lowest BCUT2D eigenvalue weighted by molar-refractivity contribution is 0.0568. The van der Waals surface area contributed by atoms with Gasteiger partial charge in [-0.1, -0.05) is 12.1 Å². The highest BCUT2D eigenvalue weighted by Gasteiger charge is 2.35. The molecule has 1 saturated heterocycles. The molecule has 0 aliphatic carbocycles. The predicted octanol–water partition coefficient (Wildman–Crippen LogP) is 2.95. The summed E-state index contributed by atoms with van der Waals surface area (Å²) in [7, 11) is 1.53. The Kier molecular flexibility index (Phi) is 5.19. The summed E-state index contributed by atoms with van der Waals surface area (Å²) in [6, 6.07) is 5.67. The Balaban J connectivity index is 1.71. The lowest BCUT2D eigenvalue weighted by atomic mass is 9.99. The highest BCUT2D eigenvalue weighted by atomic mass is 19.1. The second kappa shape index (κ2) is 7.81. The molecule has 8 nitrogen and oxygen atoms in total. The van der Waals surface area contributed by atoms with Crippen LogP contribution in [0.2, 0.25) is 0 Å². The van der Waals surface area contributed by atoms with Crippen LogP contribution >= 0.6 is 0 Å². The van der Waals surface area contributed by atoms with Crippen molar-refractivity contribution in [2.45, 2.75) is 39.2 Å². The van der Waals surface area contributed by atoms with Gasteiger partial charge >= 0.3 is 0 Å². The maximum Gasteiger partial charge on any atom is 0.279 e. The lowest BCUT2D eigenvalue weighted by Crippen LogP contribution is -2.42. The van der Waals surface area contributed by atoms with E-state index in [2.05, 4.69) is 15.3 Å². The third kappa shape index (κ3) is 3.40. The SMILES string of the molecule is Cc1nn(C)c(=O)c(C(=O)N2CCCCC2c2nnc(-c3ccccc3F)o2)c1C. The van der Waals surface area contributed by atoms with Gasteiger partial charge in [0, 0.05) is 13.6 Å². The number of benzene rings is 1. The van der Waals surface area contributed by atoms with Gasteiger partial charge in [0.1, 0.15) is 17.4 Å². The number of hydrogen-bond acceptors (Lipinski definition) is 6. The van der Waals surface area contributed by atoms with Gasteiger partial charge in [-0.15, -0.1) is 10.2 Å². The van der Waals surface area contributed by atoms with E-state index in [1.54, 1.807) is 36.9 Å². The van der Waals surface area contributed by atoms with E-state index in [0.29, 0.717) is 24.2 Å². The molecule has 156 valence electrons. The zero-order valence-corrected chi connectivity index (χ0v) is 17.1. The molecule has 1 aromatic carbocycles. The molecule has 30 heavy (non-hydrogen) atoms. The molecule has 0 spiro atoms. The molecule has 1 fully saturated rings. The minimum absolute atomic E-state index is 0.0629. The maximum absolute atomic E-state index is 14.1. The summed E-state index contributed by atoms with van der Waals surface area (Å²) in [5.41, 5.74) is 1.05. The van der Waals surface area contributed by atoms with E-state index < -0.39 is 17.4 Å². The van der Waals surface area contributed by atoms with Crippen LogP contribution < -0.4 is 5.56 Å². The monoisotopic (exact) mass is 411 g/mol. The molecule has 4 rings (SSSR count). The summed E-state index contributed by atoms with van der Waals surface area (Å²) >= 11 is 0. The molecular formula is C21H22FN5O3. The molecule has 0 N–H and O–H groups in total. The zero-order valence-electron chi connectivity index (χ0n) is 17.1. The molecule has 0 radical (unpaired) electrons. The van der Waals surface area contributed by atoms with Crippen LogP contribution in [0.15, 0.2) is 33.5 Å². The number of piperidine rings is 1. The molecule has 1 unspecified atom stereocenters. The molecule has 1 amide bonds. The first kappa shape index (κ1) is 19.9. The summed E-state index contributed by atoms with van der Waals surface area (Å²) in [6.45, 7) is 3.95. The van der Waals surface area contributed by atoms with Crippen LogP contribution in [0.4, 0.5) is 4.39 Å². The third-order valence-electron chi connectivity index (χ3n) is 5.53. The van der Waals surface area contributed by atoms with Gasteiger partial charge in [0.15, 0.2) is 0 Å². The van der Waals surface area contributed by atoms with Crippen molar-refractivity contribution in [1.29, 1.82) is 0 Å². The minimum Gasteiger partial charge on any atom is -0.418 e. The largest absolute Gasteiger partial charge is 0.418 e. The summed E-state index contributed by atoms with van der Waals surface area (Å²) in [4.78, 5) is 27.7. The summed E-state index contributed by atoms with van der Waals surface area (Å²) < 4.78 is 21.0. The highest BCUT2D eigenvalue weighted by molar-refractivity contribution is 5.95. The van der Waals surface area contributed by atoms with Crippen LogP contribution in [0.25, 0.3) is 11.5 Å². The number of likely N-dealkylation sites (tertiary alicyclic amines) is 1. The first-order valence-corrected chi connectivity index (χ1v) is 9.82. The smallest absolute Gasteiger partial charge is 0.279 e. The van der Waals surface area contributed by atoms with Gasteiger partial charge in [-0.25, -0.2) is 9.07 Å². The van der Waals surface area contributed by atoms with Crippen LogP contribution in [-0.2, 0) is 7.05 Å². The van der Waals surface area contributed by atoms with Crippen LogP contribution in [-0.4, -0.2) is 37.3 Å². The first-order valence-electron chi connectivity index (χ1n) is 9.82. The first-order chi connectivity index (χ1) is 14.4. The summed E-state index contributed by atoms with van der Waals surface area (Å²) in [6.07, 6.45) is 2.30. The van der Waals surface area contributed by atoms with E-state index in [4.69, 9.17) is 4.42 Å². The average molecular weight is 411 g/mol. The fourth-order valence-electron chi connectivity index (χ4n) is 3.79. The Hall–Kier alpha value is -3.36. The van der Waals surface area contributed by atoms with E-state index in [1.165, 1.54) is 17.8 Å². The number of rotatable bonds is 3. The number of aryl methyl sites for hydroxylation is 2. The number of hydrogen-bond donors (Lipinski definition) is 0. The summed E-state index contributed by atoms with van der Waals surface area (Å²) in [5, 5.41) is 12.2. The molecule has 1 aliphatic heterocycles. The molecule has 1 aliphatic rings. The van der Waals surface area contributed by atoms with Gasteiger partial charge in [-0.3, -0.25) is 9.59 Å². The van der Waals surface area contributed by atoms with Gasteiger partial charge in [0.05, 0.1) is 11.3 Å². The number of carbonyl (C=O) groups is 1. The van der Waals surface area contributed by atoms with Crippen molar-refractivity contribution in [3.63, 3.8) is 0 Å². The van der Waals surface area contributed by atoms with Crippen molar-refractivity contribution in [2.24, 2.45) is 7.05 Å². The Morgan fingerprint density at radius 1 is 1.20 bits per heavy atom. The predicted molar refractivity (Wildman–Crippen MR) is 106 cm³/mol. The van der Waals surface area contributed by atoms with E-state index in [-0.39, 0.29) is 28.8 Å². The van der Waals surface area contributed by atoms with Crippen molar-refractivity contribution in [1.82, 2.24) is 24.9 Å². The minimum atomic E-state index is -0.475. The van der Waals surface area contributed by atoms with E-state index in [9.17, 15) is 14.0 Å². The van der Waals surface area contributed by atoms with Crippen molar-refractivity contribution in [3.8, 4) is 11.5 Å². The van der Waals surface area contributed by atoms with Crippen molar-refractivity contribution in [2.75, 3.05) is 6.54 Å². The number of amides is 1. The molecular weight excluding hydrogens is 389 g/mol. The Labute approximate surface area is 172 Å². The maximum atomic E-state index is 14.1. The number of halogens is 1. The normalized spacial score (nSPS) is 16.7. The van der Waals surface area contributed by atoms with Gasteiger partial charge in [0.2, 0.25) is 5.89 Å². The fraction of sp³-hybridized carbons (Fsp3) is 0.381. The second-order valence-electron chi connectivity index (χ2n) is 7.45. The molecule has 1 atom stereocenters. The molecule has 9 heteroatoms. The lowest BCUT2D eigenvalue weighted by Gasteiger charge is -2.33. The quantitative estimate of drug-likeness (QED) is 0.658. The van der Waals surface area contributed by atoms with Crippen molar-refractivity contribution < 1.29 is 13.6 Å². The Bertz CT molecular complexity index is 1170. The molecule has 3 heterocycles. The molecule has 0 bridgehead atoms. The standard InChI is InChI=1S/C21H22FN5O3/c1-12-13(2)25-26(3)20(28)17(12)21(29)27-11-7-6-10-16(27)19-24-23-18(30-19)14-8-4-5-9-15(14)22/h4-5,8-9,16H,6-7,10-11H2,1-3H3. The van der Waals surface area contributed by atoms with Crippen LogP contribution in [0.3, 0.4) is 0 Å². The molecule has 2 aromatic heterocycles. The van der Waals surface area contributed by atoms with Crippen molar-refractivity contribution in [3.05, 3.63) is 63.1 Å². The van der Waals surface area contributed by atoms with E-state index >= 15 is 0 Å². The van der Waals surface area contributed by atoms with Gasteiger partial charge in [-0.2, -0.15) is 5.10 Å². The molecule has 0 saturated carbocycles. The topological polar surface area (TPSA) is 94.1 Å². The highest BCUT2D eigenvalue weighted by Crippen LogP contribution is 2.33. The van der Waals surface area contributed by atoms with Crippen molar-refractivity contribution >= 4 is 5.91 Å². The van der Waals surface area contributed by atoms with Crippen LogP contribution in [0.5, 0.6) is 0 Å². The average Bonchev–Trinajstić information content (AvgIpc) is 3.22. The van der Waals surface area contributed by atoms with E-state index in [0.717, 1.165) is 12.8 Å². The number of aromatic nitrogens is 4. The third-order valence-corrected chi connectivity index (χ3v) is 5.53. The zero-order chi connectivity index (χ0) is 21.4. The van der Waals surface area contributed by atoms with E-state index in [1.807, 2.05) is 0 Å². The van der Waals surface area contributed by atoms with Gasteiger partial charge < -0.3 is 9.32 Å². The van der Waals surface area contributed by atoms with Crippen LogP contribution in [0, 0.1) is 19.7 Å². The number of carbonyl (C=O) groups excluding carboxylic acids is 1. The van der Waals surface area contributed by atoms with Gasteiger partial charge in [-0.05, 0) is 50.8 Å². The Morgan fingerprint density at radius 3 is 2.73 bits per heavy atom. The van der Waals surface area contributed by atoms with Gasteiger partial charge in [0.25, 0.3) is 17.4 Å².